The van der Waals surface area contributed by atoms with E-state index in [1.807, 2.05) is 0 Å². The average molecular weight is 516 g/mol. The van der Waals surface area contributed by atoms with Gasteiger partial charge in [0.25, 0.3) is 0 Å². The number of fused-ring (bicyclic) bond motifs is 1. The number of hydrogen-bond donors (Lipinski definition) is 4. The lowest BCUT2D eigenvalue weighted by atomic mass is 9.98. The van der Waals surface area contributed by atoms with E-state index < -0.39 is 60.4 Å². The highest BCUT2D eigenvalue weighted by atomic mass is 16.7. The first-order chi connectivity index (χ1) is 17.6. The van der Waals surface area contributed by atoms with Crippen LogP contribution in [-0.2, 0) is 23.8 Å². The Hall–Kier alpha value is -4.13. The van der Waals surface area contributed by atoms with Gasteiger partial charge >= 0.3 is 11.9 Å². The molecule has 1 aliphatic rings. The van der Waals surface area contributed by atoms with Crippen molar-refractivity contribution in [2.75, 3.05) is 6.61 Å². The zero-order valence-electron chi connectivity index (χ0n) is 19.7. The summed E-state index contributed by atoms with van der Waals surface area (Å²) in [4.78, 5) is 36.1. The number of hydrogen-bond acceptors (Lipinski definition) is 12. The van der Waals surface area contributed by atoms with Crippen LogP contribution in [0.1, 0.15) is 13.8 Å². The Labute approximate surface area is 209 Å². The standard InChI is InChI=1S/C25H24O12/c1-11(27)33-23-22(32)20(10-26)37-25(24(23)34-12(2)28)35-15-7-16(30)21-17(31)9-18(36-19(21)8-15)13-3-5-14(29)6-4-13/h3-9,20,22-26,29-30,32H,10H2,1-2H3. The van der Waals surface area contributed by atoms with Crippen molar-refractivity contribution >= 4 is 22.9 Å². The van der Waals surface area contributed by atoms with Gasteiger partial charge in [-0.1, -0.05) is 0 Å². The molecule has 0 spiro atoms. The number of carbonyl (C=O) groups excluding carboxylic acids is 2. The fourth-order valence-electron chi connectivity index (χ4n) is 3.99. The number of carbonyl (C=O) groups is 2. The summed E-state index contributed by atoms with van der Waals surface area (Å²) in [5, 5.41) is 40.1. The second-order valence-electron chi connectivity index (χ2n) is 8.32. The van der Waals surface area contributed by atoms with Crippen molar-refractivity contribution < 1.29 is 53.4 Å². The van der Waals surface area contributed by atoms with Crippen molar-refractivity contribution in [2.24, 2.45) is 0 Å². The van der Waals surface area contributed by atoms with Crippen LogP contribution >= 0.6 is 0 Å². The maximum atomic E-state index is 12.7. The van der Waals surface area contributed by atoms with Gasteiger partial charge in [0.1, 0.15) is 46.2 Å². The first-order valence-electron chi connectivity index (χ1n) is 11.1. The number of aliphatic hydroxyl groups is 2. The maximum absolute atomic E-state index is 12.7. The predicted molar refractivity (Wildman–Crippen MR) is 125 cm³/mol. The monoisotopic (exact) mass is 516 g/mol. The molecule has 1 saturated heterocycles. The molecule has 0 bridgehead atoms. The zero-order chi connectivity index (χ0) is 26.9. The minimum absolute atomic E-state index is 0.0217. The summed E-state index contributed by atoms with van der Waals surface area (Å²) in [5.74, 6) is -1.97. The van der Waals surface area contributed by atoms with Crippen LogP contribution in [0.25, 0.3) is 22.3 Å². The van der Waals surface area contributed by atoms with E-state index in [-0.39, 0.29) is 28.2 Å². The number of ether oxygens (including phenoxy) is 4. The van der Waals surface area contributed by atoms with Gasteiger partial charge in [-0.2, -0.15) is 0 Å². The van der Waals surface area contributed by atoms with Gasteiger partial charge in [0.05, 0.1) is 6.61 Å². The highest BCUT2D eigenvalue weighted by Crippen LogP contribution is 2.34. The van der Waals surface area contributed by atoms with Gasteiger partial charge in [0.2, 0.25) is 12.4 Å². The van der Waals surface area contributed by atoms with Crippen LogP contribution in [0.4, 0.5) is 0 Å². The van der Waals surface area contributed by atoms with E-state index in [1.54, 1.807) is 0 Å². The topological polar surface area (TPSA) is 182 Å². The normalized spacial score (nSPS) is 23.4. The van der Waals surface area contributed by atoms with Gasteiger partial charge < -0.3 is 43.8 Å². The molecule has 2 aromatic carbocycles. The van der Waals surface area contributed by atoms with E-state index >= 15 is 0 Å². The molecule has 3 aromatic rings. The van der Waals surface area contributed by atoms with E-state index in [1.165, 1.54) is 36.4 Å². The SMILES string of the molecule is CC(=O)OC1C(Oc2cc(O)c3c(=O)cc(-c4ccc(O)cc4)oc3c2)OC(CO)C(O)C1OC(C)=O. The van der Waals surface area contributed by atoms with Crippen LogP contribution in [0.5, 0.6) is 17.2 Å². The third-order valence-corrected chi connectivity index (χ3v) is 5.59. The summed E-state index contributed by atoms with van der Waals surface area (Å²) in [5.41, 5.74) is -0.115. The first-order valence-corrected chi connectivity index (χ1v) is 11.1. The lowest BCUT2D eigenvalue weighted by Gasteiger charge is -2.42. The molecular weight excluding hydrogens is 492 g/mol. The summed E-state index contributed by atoms with van der Waals surface area (Å²) in [6.45, 7) is 1.50. The van der Waals surface area contributed by atoms with Crippen LogP contribution in [-0.4, -0.2) is 69.7 Å². The molecule has 196 valence electrons. The number of benzene rings is 2. The summed E-state index contributed by atoms with van der Waals surface area (Å²) < 4.78 is 27.5. The van der Waals surface area contributed by atoms with Crippen LogP contribution < -0.4 is 10.2 Å². The number of rotatable bonds is 6. The van der Waals surface area contributed by atoms with Gasteiger partial charge in [0, 0.05) is 37.6 Å². The van der Waals surface area contributed by atoms with Crippen LogP contribution in [0, 0.1) is 0 Å². The molecule has 12 nitrogen and oxygen atoms in total. The highest BCUT2D eigenvalue weighted by Gasteiger charge is 2.50. The summed E-state index contributed by atoms with van der Waals surface area (Å²) >= 11 is 0. The minimum Gasteiger partial charge on any atom is -0.508 e. The maximum Gasteiger partial charge on any atom is 0.303 e. The lowest BCUT2D eigenvalue weighted by Crippen LogP contribution is -2.62. The first kappa shape index (κ1) is 25.9. The second-order valence-corrected chi connectivity index (χ2v) is 8.32. The van der Waals surface area contributed by atoms with Crippen molar-refractivity contribution in [3.8, 4) is 28.6 Å². The molecule has 0 aliphatic carbocycles. The van der Waals surface area contributed by atoms with Crippen molar-refractivity contribution in [3.63, 3.8) is 0 Å². The van der Waals surface area contributed by atoms with E-state index in [9.17, 15) is 34.8 Å². The zero-order valence-corrected chi connectivity index (χ0v) is 19.7. The largest absolute Gasteiger partial charge is 0.508 e. The number of phenolic OH excluding ortho intramolecular Hbond substituents is 2. The van der Waals surface area contributed by atoms with E-state index in [0.29, 0.717) is 5.56 Å². The fraction of sp³-hybridized carbons (Fsp3) is 0.320. The van der Waals surface area contributed by atoms with Gasteiger partial charge in [-0.25, -0.2) is 0 Å². The Balaban J connectivity index is 1.74. The van der Waals surface area contributed by atoms with Crippen molar-refractivity contribution in [3.05, 3.63) is 52.7 Å². The number of esters is 2. The second kappa shape index (κ2) is 10.5. The molecule has 37 heavy (non-hydrogen) atoms. The Morgan fingerprint density at radius 1 is 0.973 bits per heavy atom. The van der Waals surface area contributed by atoms with Crippen molar-refractivity contribution in [1.29, 1.82) is 0 Å². The Bertz CT molecular complexity index is 1360. The fourth-order valence-corrected chi connectivity index (χ4v) is 3.99. The minimum atomic E-state index is -1.55. The van der Waals surface area contributed by atoms with Gasteiger partial charge in [-0.3, -0.25) is 14.4 Å². The molecule has 0 radical (unpaired) electrons. The summed E-state index contributed by atoms with van der Waals surface area (Å²) in [6.07, 6.45) is -7.21. The van der Waals surface area contributed by atoms with Gasteiger partial charge in [0.15, 0.2) is 11.5 Å². The number of phenols is 2. The van der Waals surface area contributed by atoms with Crippen molar-refractivity contribution in [2.45, 2.75) is 44.6 Å². The Morgan fingerprint density at radius 3 is 2.24 bits per heavy atom. The van der Waals surface area contributed by atoms with E-state index in [0.717, 1.165) is 19.9 Å². The number of aromatic hydroxyl groups is 2. The lowest BCUT2D eigenvalue weighted by molar-refractivity contribution is -0.285. The van der Waals surface area contributed by atoms with Gasteiger partial charge in [-0.15, -0.1) is 0 Å². The molecule has 0 amide bonds. The molecule has 2 heterocycles. The van der Waals surface area contributed by atoms with Crippen LogP contribution in [0.3, 0.4) is 0 Å². The molecule has 1 aromatic heterocycles. The summed E-state index contributed by atoms with van der Waals surface area (Å²) in [7, 11) is 0. The molecule has 4 N–H and O–H groups in total. The molecule has 1 fully saturated rings. The van der Waals surface area contributed by atoms with Crippen LogP contribution in [0.2, 0.25) is 0 Å². The van der Waals surface area contributed by atoms with Gasteiger partial charge in [-0.05, 0) is 24.3 Å². The average Bonchev–Trinajstić information content (AvgIpc) is 2.82. The Kier molecular flexibility index (Phi) is 7.34. The highest BCUT2D eigenvalue weighted by molar-refractivity contribution is 5.86. The molecule has 5 atom stereocenters. The summed E-state index contributed by atoms with van der Waals surface area (Å²) in [6, 6.07) is 9.48. The number of aliphatic hydroxyl groups excluding tert-OH is 2. The molecule has 12 heteroatoms. The molecule has 4 rings (SSSR count). The molecule has 0 saturated carbocycles. The quantitative estimate of drug-likeness (QED) is 0.344. The van der Waals surface area contributed by atoms with Crippen molar-refractivity contribution in [1.82, 2.24) is 0 Å². The predicted octanol–water partition coefficient (Wildman–Crippen LogP) is 1.19. The van der Waals surface area contributed by atoms with E-state index in [2.05, 4.69) is 0 Å². The third kappa shape index (κ3) is 5.50. The van der Waals surface area contributed by atoms with Crippen LogP contribution in [0.15, 0.2) is 51.7 Å². The molecule has 1 aliphatic heterocycles. The van der Waals surface area contributed by atoms with E-state index in [4.69, 9.17) is 23.4 Å². The smallest absolute Gasteiger partial charge is 0.303 e. The molecular formula is C25H24O12. The third-order valence-electron chi connectivity index (χ3n) is 5.59. The molecule has 5 unspecified atom stereocenters. The Morgan fingerprint density at radius 2 is 1.62 bits per heavy atom.